The summed E-state index contributed by atoms with van der Waals surface area (Å²) < 4.78 is 0.771. The van der Waals surface area contributed by atoms with Gasteiger partial charge in [-0.2, -0.15) is 0 Å². The minimum absolute atomic E-state index is 0.226. The van der Waals surface area contributed by atoms with E-state index in [9.17, 15) is 4.79 Å². The third kappa shape index (κ3) is 2.72. The molecule has 0 aliphatic heterocycles. The van der Waals surface area contributed by atoms with Gasteiger partial charge in [-0.1, -0.05) is 48.4 Å². The highest BCUT2D eigenvalue weighted by Gasteiger charge is 2.46. The summed E-state index contributed by atoms with van der Waals surface area (Å²) in [6.45, 7) is 0.630. The van der Waals surface area contributed by atoms with Crippen LogP contribution in [0, 0.1) is 0 Å². The van der Waals surface area contributed by atoms with E-state index in [4.69, 9.17) is 11.6 Å². The molecule has 0 radical (unpaired) electrons. The minimum atomic E-state index is -0.308. The third-order valence-electron chi connectivity index (χ3n) is 4.31. The monoisotopic (exact) mass is 319 g/mol. The molecule has 0 atom stereocenters. The normalized spacial score (nSPS) is 16.3. The first kappa shape index (κ1) is 14.6. The van der Waals surface area contributed by atoms with E-state index in [1.807, 2.05) is 42.3 Å². The Labute approximate surface area is 134 Å². The van der Waals surface area contributed by atoms with Crippen molar-refractivity contribution in [3.63, 3.8) is 0 Å². The summed E-state index contributed by atoms with van der Waals surface area (Å²) in [5, 5.41) is 0. The summed E-state index contributed by atoms with van der Waals surface area (Å²) >= 11 is 7.50. The summed E-state index contributed by atoms with van der Waals surface area (Å²) in [7, 11) is 1.89. The maximum atomic E-state index is 13.0. The number of halogens is 1. The van der Waals surface area contributed by atoms with E-state index in [0.29, 0.717) is 6.54 Å². The second-order valence-corrected chi connectivity index (χ2v) is 7.47. The summed E-state index contributed by atoms with van der Waals surface area (Å²) in [4.78, 5) is 15.9. The van der Waals surface area contributed by atoms with Gasteiger partial charge in [0.25, 0.3) is 0 Å². The maximum absolute atomic E-state index is 13.0. The van der Waals surface area contributed by atoms with E-state index in [1.165, 1.54) is 11.3 Å². The van der Waals surface area contributed by atoms with E-state index < -0.39 is 0 Å². The van der Waals surface area contributed by atoms with Crippen molar-refractivity contribution in [2.24, 2.45) is 0 Å². The number of benzene rings is 1. The number of carbonyl (C=O) groups is 1. The number of carbonyl (C=O) groups excluding carboxylic acids is 1. The number of hydrogen-bond acceptors (Lipinski definition) is 2. The highest BCUT2D eigenvalue weighted by molar-refractivity contribution is 7.16. The van der Waals surface area contributed by atoms with Crippen LogP contribution < -0.4 is 0 Å². The first-order valence-electron chi connectivity index (χ1n) is 7.17. The highest BCUT2D eigenvalue weighted by atomic mass is 35.5. The summed E-state index contributed by atoms with van der Waals surface area (Å²) in [6.07, 6.45) is 3.02. The number of hydrogen-bond donors (Lipinski definition) is 0. The van der Waals surface area contributed by atoms with Crippen molar-refractivity contribution >= 4 is 28.8 Å². The van der Waals surface area contributed by atoms with Crippen LogP contribution in [0.5, 0.6) is 0 Å². The number of thiophene rings is 1. The van der Waals surface area contributed by atoms with E-state index in [1.54, 1.807) is 0 Å². The molecule has 4 heteroatoms. The lowest BCUT2D eigenvalue weighted by molar-refractivity contribution is -0.140. The Morgan fingerprint density at radius 1 is 1.24 bits per heavy atom. The Morgan fingerprint density at radius 3 is 2.48 bits per heavy atom. The van der Waals surface area contributed by atoms with Crippen LogP contribution in [-0.4, -0.2) is 17.9 Å². The predicted molar refractivity (Wildman–Crippen MR) is 87.8 cm³/mol. The molecule has 0 spiro atoms. The standard InChI is InChI=1S/C17H18ClNOS/c1-19(12-14-8-9-15(18)21-14)16(20)17(10-5-11-17)13-6-3-2-4-7-13/h2-4,6-9H,5,10-12H2,1H3. The van der Waals surface area contributed by atoms with Gasteiger partial charge in [-0.05, 0) is 30.5 Å². The molecule has 1 amide bonds. The van der Waals surface area contributed by atoms with Crippen molar-refractivity contribution in [1.82, 2.24) is 4.90 Å². The molecular formula is C17H18ClNOS. The van der Waals surface area contributed by atoms with E-state index in [0.717, 1.165) is 34.0 Å². The van der Waals surface area contributed by atoms with Crippen LogP contribution in [0.2, 0.25) is 4.34 Å². The first-order valence-corrected chi connectivity index (χ1v) is 8.36. The maximum Gasteiger partial charge on any atom is 0.233 e. The fourth-order valence-corrected chi connectivity index (χ4v) is 4.16. The Balaban J connectivity index is 1.79. The van der Waals surface area contributed by atoms with E-state index >= 15 is 0 Å². The number of likely N-dealkylation sites (N-methyl/N-ethyl adjacent to an activating group) is 1. The SMILES string of the molecule is CN(Cc1ccc(Cl)s1)C(=O)C1(c2ccccc2)CCC1. The smallest absolute Gasteiger partial charge is 0.233 e. The molecule has 2 nitrogen and oxygen atoms in total. The molecule has 1 aromatic heterocycles. The predicted octanol–water partition coefficient (Wildman–Crippen LogP) is 4.48. The average Bonchev–Trinajstić information content (AvgIpc) is 2.84. The van der Waals surface area contributed by atoms with Crippen molar-refractivity contribution in [1.29, 1.82) is 0 Å². The summed E-state index contributed by atoms with van der Waals surface area (Å²) in [5.41, 5.74) is 0.842. The zero-order valence-electron chi connectivity index (χ0n) is 12.0. The van der Waals surface area contributed by atoms with Crippen molar-refractivity contribution in [3.8, 4) is 0 Å². The molecule has 0 N–H and O–H groups in total. The van der Waals surface area contributed by atoms with Crippen LogP contribution in [0.1, 0.15) is 29.7 Å². The molecular weight excluding hydrogens is 302 g/mol. The van der Waals surface area contributed by atoms with Crippen LogP contribution in [-0.2, 0) is 16.8 Å². The zero-order chi connectivity index (χ0) is 14.9. The molecule has 3 rings (SSSR count). The molecule has 1 aliphatic rings. The van der Waals surface area contributed by atoms with Crippen LogP contribution in [0.15, 0.2) is 42.5 Å². The lowest BCUT2D eigenvalue weighted by Gasteiger charge is -2.43. The van der Waals surface area contributed by atoms with Crippen LogP contribution in [0.25, 0.3) is 0 Å². The second-order valence-electron chi connectivity index (χ2n) is 5.67. The molecule has 1 aliphatic carbocycles. The van der Waals surface area contributed by atoms with Gasteiger partial charge in [0.1, 0.15) is 0 Å². The highest BCUT2D eigenvalue weighted by Crippen LogP contribution is 2.45. The molecule has 1 fully saturated rings. The molecule has 2 aromatic rings. The van der Waals surface area contributed by atoms with Gasteiger partial charge in [0.05, 0.1) is 16.3 Å². The lowest BCUT2D eigenvalue weighted by atomic mass is 9.63. The van der Waals surface area contributed by atoms with Crippen molar-refractivity contribution in [3.05, 3.63) is 57.2 Å². The Morgan fingerprint density at radius 2 is 1.95 bits per heavy atom. The third-order valence-corrected chi connectivity index (χ3v) is 5.53. The molecule has 0 saturated heterocycles. The molecule has 1 saturated carbocycles. The summed E-state index contributed by atoms with van der Waals surface area (Å²) in [6, 6.07) is 14.1. The molecule has 110 valence electrons. The molecule has 21 heavy (non-hydrogen) atoms. The Kier molecular flexibility index (Phi) is 4.05. The first-order chi connectivity index (χ1) is 10.1. The average molecular weight is 320 g/mol. The van der Waals surface area contributed by atoms with Gasteiger partial charge in [-0.3, -0.25) is 4.79 Å². The van der Waals surface area contributed by atoms with Gasteiger partial charge in [0.2, 0.25) is 5.91 Å². The van der Waals surface area contributed by atoms with Crippen molar-refractivity contribution in [2.75, 3.05) is 7.05 Å². The minimum Gasteiger partial charge on any atom is -0.340 e. The van der Waals surface area contributed by atoms with Gasteiger partial charge < -0.3 is 4.90 Å². The van der Waals surface area contributed by atoms with Crippen LogP contribution in [0.3, 0.4) is 0 Å². The van der Waals surface area contributed by atoms with Crippen LogP contribution in [0.4, 0.5) is 0 Å². The van der Waals surface area contributed by atoms with Gasteiger partial charge in [-0.25, -0.2) is 0 Å². The van der Waals surface area contributed by atoms with Crippen LogP contribution >= 0.6 is 22.9 Å². The van der Waals surface area contributed by atoms with Crippen molar-refractivity contribution < 1.29 is 4.79 Å². The number of rotatable bonds is 4. The molecule has 0 unspecified atom stereocenters. The van der Waals surface area contributed by atoms with E-state index in [2.05, 4.69) is 12.1 Å². The molecule has 0 bridgehead atoms. The van der Waals surface area contributed by atoms with E-state index in [-0.39, 0.29) is 11.3 Å². The van der Waals surface area contributed by atoms with Gasteiger partial charge >= 0.3 is 0 Å². The number of nitrogens with zero attached hydrogens (tertiary/aromatic N) is 1. The summed E-state index contributed by atoms with van der Waals surface area (Å²) in [5.74, 6) is 0.226. The fraction of sp³-hybridized carbons (Fsp3) is 0.353. The van der Waals surface area contributed by atoms with Gasteiger partial charge in [0.15, 0.2) is 0 Å². The fourth-order valence-electron chi connectivity index (χ4n) is 3.02. The molecule has 1 heterocycles. The Bertz CT molecular complexity index is 633. The number of amides is 1. The lowest BCUT2D eigenvalue weighted by Crippen LogP contribution is -2.49. The topological polar surface area (TPSA) is 20.3 Å². The second kappa shape index (κ2) is 5.82. The largest absolute Gasteiger partial charge is 0.340 e. The quantitative estimate of drug-likeness (QED) is 0.813. The van der Waals surface area contributed by atoms with Crippen molar-refractivity contribution in [2.45, 2.75) is 31.2 Å². The Hall–Kier alpha value is -1.32. The van der Waals surface area contributed by atoms with Gasteiger partial charge in [0, 0.05) is 11.9 Å². The molecule has 1 aromatic carbocycles. The van der Waals surface area contributed by atoms with Gasteiger partial charge in [-0.15, -0.1) is 11.3 Å². The zero-order valence-corrected chi connectivity index (χ0v) is 13.6.